The van der Waals surface area contributed by atoms with Gasteiger partial charge in [0.2, 0.25) is 0 Å². The van der Waals surface area contributed by atoms with Crippen LogP contribution in [0.5, 0.6) is 0 Å². The van der Waals surface area contributed by atoms with Crippen LogP contribution >= 0.6 is 11.6 Å². The van der Waals surface area contributed by atoms with Crippen molar-refractivity contribution in [1.29, 1.82) is 0 Å². The molecule has 0 atom stereocenters. The number of fused-ring (bicyclic) bond motifs is 1. The highest BCUT2D eigenvalue weighted by Crippen LogP contribution is 2.34. The van der Waals surface area contributed by atoms with Crippen LogP contribution in [0.1, 0.15) is 21.7 Å². The first-order valence-corrected chi connectivity index (χ1v) is 9.34. The van der Waals surface area contributed by atoms with E-state index < -0.39 is 5.82 Å². The molecule has 1 amide bonds. The first kappa shape index (κ1) is 18.5. The number of rotatable bonds is 2. The van der Waals surface area contributed by atoms with E-state index in [1.807, 2.05) is 31.3 Å². The number of para-hydroxylation sites is 1. The quantitative estimate of drug-likeness (QED) is 0.635. The molecule has 5 nitrogen and oxygen atoms in total. The fraction of sp³-hybridized carbons (Fsp3) is 0.238. The van der Waals surface area contributed by atoms with Crippen molar-refractivity contribution in [3.8, 4) is 11.3 Å². The summed E-state index contributed by atoms with van der Waals surface area (Å²) in [4.78, 5) is 17.3. The number of anilines is 1. The van der Waals surface area contributed by atoms with Crippen molar-refractivity contribution >= 4 is 23.2 Å². The molecule has 4 rings (SSSR count). The summed E-state index contributed by atoms with van der Waals surface area (Å²) in [6, 6.07) is 12.3. The van der Waals surface area contributed by atoms with Crippen LogP contribution in [0.25, 0.3) is 11.3 Å². The van der Waals surface area contributed by atoms with Gasteiger partial charge in [-0.2, -0.15) is 0 Å². The first-order valence-electron chi connectivity index (χ1n) is 8.96. The normalized spacial score (nSPS) is 14.0. The molecule has 0 aliphatic carbocycles. The molecule has 7 heteroatoms. The van der Waals surface area contributed by atoms with E-state index in [4.69, 9.17) is 16.1 Å². The number of hydrogen-bond donors (Lipinski definition) is 0. The van der Waals surface area contributed by atoms with Gasteiger partial charge in [0.05, 0.1) is 10.6 Å². The van der Waals surface area contributed by atoms with Gasteiger partial charge >= 0.3 is 0 Å². The number of nitrogens with zero attached hydrogens (tertiary/aromatic N) is 3. The zero-order valence-electron chi connectivity index (χ0n) is 15.6. The highest BCUT2D eigenvalue weighted by molar-refractivity contribution is 6.33. The molecule has 28 heavy (non-hydrogen) atoms. The molecule has 144 valence electrons. The fourth-order valence-corrected chi connectivity index (χ4v) is 3.80. The summed E-state index contributed by atoms with van der Waals surface area (Å²) in [6.07, 6.45) is 0. The minimum absolute atomic E-state index is 0.0803. The van der Waals surface area contributed by atoms with Gasteiger partial charge in [0.15, 0.2) is 0 Å². The van der Waals surface area contributed by atoms with E-state index in [-0.39, 0.29) is 27.8 Å². The first-order chi connectivity index (χ1) is 13.5. The van der Waals surface area contributed by atoms with E-state index in [1.165, 1.54) is 12.1 Å². The third kappa shape index (κ3) is 3.14. The van der Waals surface area contributed by atoms with Crippen molar-refractivity contribution in [2.45, 2.75) is 13.5 Å². The Balaban J connectivity index is 1.75. The summed E-state index contributed by atoms with van der Waals surface area (Å²) in [5.41, 5.74) is 2.61. The zero-order chi connectivity index (χ0) is 19.8. The van der Waals surface area contributed by atoms with Crippen molar-refractivity contribution in [1.82, 2.24) is 10.1 Å². The Morgan fingerprint density at radius 1 is 1.18 bits per heavy atom. The second-order valence-electron chi connectivity index (χ2n) is 6.84. The summed E-state index contributed by atoms with van der Waals surface area (Å²) in [5.74, 6) is -0.459. The number of amides is 1. The molecule has 0 fully saturated rings. The van der Waals surface area contributed by atoms with Crippen LogP contribution in [0.3, 0.4) is 0 Å². The molecule has 3 aromatic rings. The zero-order valence-corrected chi connectivity index (χ0v) is 16.3. The van der Waals surface area contributed by atoms with E-state index in [2.05, 4.69) is 10.1 Å². The van der Waals surface area contributed by atoms with E-state index in [9.17, 15) is 9.18 Å². The average molecular weight is 400 g/mol. The van der Waals surface area contributed by atoms with Gasteiger partial charge in [-0.15, -0.1) is 0 Å². The second-order valence-corrected chi connectivity index (χ2v) is 7.24. The van der Waals surface area contributed by atoms with Gasteiger partial charge in [-0.05, 0) is 30.7 Å². The Bertz CT molecular complexity index is 1030. The lowest BCUT2D eigenvalue weighted by molar-refractivity contribution is 0.0750. The van der Waals surface area contributed by atoms with Crippen LogP contribution in [0.2, 0.25) is 5.02 Å². The fourth-order valence-electron chi connectivity index (χ4n) is 3.54. The van der Waals surface area contributed by atoms with Crippen molar-refractivity contribution in [2.75, 3.05) is 25.0 Å². The standard InChI is InChI=1S/C21H19ClFN3O2/c1-13-18(20(24-28-13)19-15(22)7-5-8-16(19)23)21(27)26-11-10-25(2)17-9-4-3-6-14(17)12-26/h3-9H,10-12H2,1-2H3. The molecule has 0 saturated heterocycles. The summed E-state index contributed by atoms with van der Waals surface area (Å²) >= 11 is 6.19. The van der Waals surface area contributed by atoms with E-state index in [1.54, 1.807) is 17.9 Å². The Kier molecular flexibility index (Phi) is 4.81. The summed E-state index contributed by atoms with van der Waals surface area (Å²) in [5, 5.41) is 4.13. The average Bonchev–Trinajstić information content (AvgIpc) is 2.96. The van der Waals surface area contributed by atoms with Crippen molar-refractivity contribution in [3.05, 3.63) is 70.2 Å². The highest BCUT2D eigenvalue weighted by Gasteiger charge is 2.30. The van der Waals surface area contributed by atoms with E-state index >= 15 is 0 Å². The van der Waals surface area contributed by atoms with Crippen molar-refractivity contribution < 1.29 is 13.7 Å². The Morgan fingerprint density at radius 2 is 1.96 bits per heavy atom. The largest absolute Gasteiger partial charge is 0.373 e. The van der Waals surface area contributed by atoms with Gasteiger partial charge in [-0.25, -0.2) is 4.39 Å². The Labute approximate surface area is 167 Å². The number of aromatic nitrogens is 1. The number of benzene rings is 2. The van der Waals surface area contributed by atoms with Crippen LogP contribution < -0.4 is 4.90 Å². The molecule has 0 radical (unpaired) electrons. The smallest absolute Gasteiger partial charge is 0.260 e. The van der Waals surface area contributed by atoms with Crippen LogP contribution in [-0.4, -0.2) is 36.1 Å². The lowest BCUT2D eigenvalue weighted by Crippen LogP contribution is -2.34. The van der Waals surface area contributed by atoms with Gasteiger partial charge < -0.3 is 14.3 Å². The number of carbonyl (C=O) groups is 1. The molecular weight excluding hydrogens is 381 g/mol. The van der Waals surface area contributed by atoms with Crippen LogP contribution in [0.4, 0.5) is 10.1 Å². The van der Waals surface area contributed by atoms with Crippen molar-refractivity contribution in [3.63, 3.8) is 0 Å². The van der Waals surface area contributed by atoms with Gasteiger partial charge in [-0.1, -0.05) is 41.0 Å². The molecule has 0 spiro atoms. The molecule has 0 saturated carbocycles. The maximum atomic E-state index is 14.4. The van der Waals surface area contributed by atoms with Crippen LogP contribution in [0.15, 0.2) is 47.0 Å². The second kappa shape index (κ2) is 7.28. The molecule has 1 aromatic heterocycles. The number of hydrogen-bond acceptors (Lipinski definition) is 4. The van der Waals surface area contributed by atoms with Gasteiger partial charge in [0, 0.05) is 32.4 Å². The van der Waals surface area contributed by atoms with Gasteiger partial charge in [0.1, 0.15) is 22.8 Å². The molecule has 0 bridgehead atoms. The molecule has 1 aliphatic heterocycles. The predicted octanol–water partition coefficient (Wildman–Crippen LogP) is 4.53. The van der Waals surface area contributed by atoms with E-state index in [0.29, 0.717) is 25.4 Å². The monoisotopic (exact) mass is 399 g/mol. The topological polar surface area (TPSA) is 49.6 Å². The van der Waals surface area contributed by atoms with Gasteiger partial charge in [-0.3, -0.25) is 4.79 Å². The Hall–Kier alpha value is -2.86. The molecule has 1 aliphatic rings. The highest BCUT2D eigenvalue weighted by atomic mass is 35.5. The third-order valence-electron chi connectivity index (χ3n) is 5.03. The lowest BCUT2D eigenvalue weighted by atomic mass is 10.0. The minimum atomic E-state index is -0.546. The number of halogens is 2. The molecule has 0 unspecified atom stereocenters. The molecule has 2 aromatic carbocycles. The lowest BCUT2D eigenvalue weighted by Gasteiger charge is -2.21. The van der Waals surface area contributed by atoms with E-state index in [0.717, 1.165) is 11.3 Å². The number of likely N-dealkylation sites (N-methyl/N-ethyl adjacent to an activating group) is 1. The number of carbonyl (C=O) groups excluding carboxylic acids is 1. The minimum Gasteiger partial charge on any atom is -0.373 e. The predicted molar refractivity (Wildman–Crippen MR) is 106 cm³/mol. The summed E-state index contributed by atoms with van der Waals surface area (Å²) in [6.45, 7) is 3.31. The maximum Gasteiger partial charge on any atom is 0.260 e. The van der Waals surface area contributed by atoms with Crippen LogP contribution in [0, 0.1) is 12.7 Å². The summed E-state index contributed by atoms with van der Waals surface area (Å²) in [7, 11) is 2.00. The SMILES string of the molecule is Cc1onc(-c2c(F)cccc2Cl)c1C(=O)N1CCN(C)c2ccccc2C1. The third-order valence-corrected chi connectivity index (χ3v) is 5.35. The van der Waals surface area contributed by atoms with Crippen LogP contribution in [-0.2, 0) is 6.54 Å². The number of aryl methyl sites for hydroxylation is 1. The Morgan fingerprint density at radius 3 is 2.75 bits per heavy atom. The maximum absolute atomic E-state index is 14.4. The summed E-state index contributed by atoms with van der Waals surface area (Å²) < 4.78 is 19.7. The van der Waals surface area contributed by atoms with Crippen molar-refractivity contribution in [2.24, 2.45) is 0 Å². The molecular formula is C21H19ClFN3O2. The molecule has 0 N–H and O–H groups in total. The van der Waals surface area contributed by atoms with Gasteiger partial charge in [0.25, 0.3) is 5.91 Å². The molecule has 2 heterocycles.